The Kier molecular flexibility index (Phi) is 4.29. The first-order chi connectivity index (χ1) is 10.1. The number of carbonyl (C=O) groups is 1. The number of hydrogen-bond donors (Lipinski definition) is 1. The van der Waals surface area contributed by atoms with Gasteiger partial charge in [0.25, 0.3) is 0 Å². The SMILES string of the molecule is CC(CC1CC1c1cccc(C(=O)O)c1)N1CCCCC1. The molecule has 2 aliphatic rings. The molecule has 2 fully saturated rings. The molecule has 3 heteroatoms. The summed E-state index contributed by atoms with van der Waals surface area (Å²) in [5.74, 6) is 0.498. The summed E-state index contributed by atoms with van der Waals surface area (Å²) < 4.78 is 0. The molecule has 114 valence electrons. The summed E-state index contributed by atoms with van der Waals surface area (Å²) in [5, 5.41) is 9.09. The van der Waals surface area contributed by atoms with Gasteiger partial charge in [-0.25, -0.2) is 4.79 Å². The molecule has 1 saturated heterocycles. The largest absolute Gasteiger partial charge is 0.478 e. The van der Waals surface area contributed by atoms with Crippen molar-refractivity contribution in [2.45, 2.75) is 51.0 Å². The van der Waals surface area contributed by atoms with E-state index in [9.17, 15) is 4.79 Å². The van der Waals surface area contributed by atoms with Crippen LogP contribution in [-0.4, -0.2) is 35.1 Å². The highest BCUT2D eigenvalue weighted by molar-refractivity contribution is 5.87. The standard InChI is InChI=1S/C18H25NO2/c1-13(19-8-3-2-4-9-19)10-16-12-17(16)14-6-5-7-15(11-14)18(20)21/h5-7,11,13,16-17H,2-4,8-10,12H2,1H3,(H,20,21). The molecule has 0 radical (unpaired) electrons. The van der Waals surface area contributed by atoms with E-state index in [0.717, 1.165) is 5.92 Å². The number of rotatable bonds is 5. The van der Waals surface area contributed by atoms with Crippen molar-refractivity contribution in [1.82, 2.24) is 4.90 Å². The van der Waals surface area contributed by atoms with Crippen molar-refractivity contribution in [2.24, 2.45) is 5.92 Å². The van der Waals surface area contributed by atoms with Gasteiger partial charge in [0.15, 0.2) is 0 Å². The Morgan fingerprint density at radius 1 is 1.33 bits per heavy atom. The zero-order valence-corrected chi connectivity index (χ0v) is 12.8. The lowest BCUT2D eigenvalue weighted by Gasteiger charge is -2.32. The van der Waals surface area contributed by atoms with Crippen molar-refractivity contribution in [3.8, 4) is 0 Å². The van der Waals surface area contributed by atoms with Crippen molar-refractivity contribution < 1.29 is 9.90 Å². The highest BCUT2D eigenvalue weighted by Crippen LogP contribution is 2.50. The number of carboxylic acid groups (broad SMARTS) is 1. The van der Waals surface area contributed by atoms with Gasteiger partial charge in [-0.2, -0.15) is 0 Å². The Morgan fingerprint density at radius 3 is 2.81 bits per heavy atom. The van der Waals surface area contributed by atoms with Crippen LogP contribution in [0.4, 0.5) is 0 Å². The van der Waals surface area contributed by atoms with E-state index >= 15 is 0 Å². The number of hydrogen-bond acceptors (Lipinski definition) is 2. The highest BCUT2D eigenvalue weighted by atomic mass is 16.4. The van der Waals surface area contributed by atoms with Gasteiger partial charge < -0.3 is 10.0 Å². The molecule has 0 amide bonds. The minimum Gasteiger partial charge on any atom is -0.478 e. The molecule has 3 atom stereocenters. The topological polar surface area (TPSA) is 40.5 Å². The molecule has 21 heavy (non-hydrogen) atoms. The van der Waals surface area contributed by atoms with Crippen LogP contribution in [-0.2, 0) is 0 Å². The smallest absolute Gasteiger partial charge is 0.335 e. The quantitative estimate of drug-likeness (QED) is 0.896. The third-order valence-corrected chi connectivity index (χ3v) is 5.14. The second kappa shape index (κ2) is 6.18. The van der Waals surface area contributed by atoms with Crippen molar-refractivity contribution in [3.05, 3.63) is 35.4 Å². The third-order valence-electron chi connectivity index (χ3n) is 5.14. The van der Waals surface area contributed by atoms with Crippen LogP contribution in [0.1, 0.15) is 60.9 Å². The Balaban J connectivity index is 1.56. The summed E-state index contributed by atoms with van der Waals surface area (Å²) in [6.45, 7) is 4.87. The molecule has 1 heterocycles. The Bertz CT molecular complexity index is 508. The van der Waals surface area contributed by atoms with Gasteiger partial charge in [0.05, 0.1) is 5.56 Å². The summed E-state index contributed by atoms with van der Waals surface area (Å²) in [4.78, 5) is 13.7. The summed E-state index contributed by atoms with van der Waals surface area (Å²) in [6, 6.07) is 8.17. The molecule has 0 aromatic heterocycles. The first-order valence-electron chi connectivity index (χ1n) is 8.22. The average Bonchev–Trinajstić information content (AvgIpc) is 3.27. The fourth-order valence-corrected chi connectivity index (χ4v) is 3.77. The van der Waals surface area contributed by atoms with Crippen LogP contribution in [0.25, 0.3) is 0 Å². The van der Waals surface area contributed by atoms with Crippen molar-refractivity contribution in [1.29, 1.82) is 0 Å². The summed E-state index contributed by atoms with van der Waals surface area (Å²) in [5.41, 5.74) is 1.63. The number of likely N-dealkylation sites (tertiary alicyclic amines) is 1. The Labute approximate surface area is 127 Å². The van der Waals surface area contributed by atoms with Gasteiger partial charge >= 0.3 is 5.97 Å². The van der Waals surface area contributed by atoms with Crippen LogP contribution in [0.2, 0.25) is 0 Å². The molecule has 1 aromatic rings. The molecule has 0 bridgehead atoms. The van der Waals surface area contributed by atoms with E-state index < -0.39 is 5.97 Å². The summed E-state index contributed by atoms with van der Waals surface area (Å²) in [6.07, 6.45) is 6.55. The van der Waals surface area contributed by atoms with E-state index in [1.165, 1.54) is 50.8 Å². The lowest BCUT2D eigenvalue weighted by molar-refractivity contribution is 0.0696. The fraction of sp³-hybridized carbons (Fsp3) is 0.611. The van der Waals surface area contributed by atoms with Gasteiger partial charge in [0.2, 0.25) is 0 Å². The average molecular weight is 287 g/mol. The van der Waals surface area contributed by atoms with E-state index in [4.69, 9.17) is 5.11 Å². The summed E-state index contributed by atoms with van der Waals surface area (Å²) in [7, 11) is 0. The third kappa shape index (κ3) is 3.46. The maximum absolute atomic E-state index is 11.1. The lowest BCUT2D eigenvalue weighted by atomic mass is 10.0. The van der Waals surface area contributed by atoms with Gasteiger partial charge in [-0.1, -0.05) is 18.6 Å². The van der Waals surface area contributed by atoms with Gasteiger partial charge in [0, 0.05) is 6.04 Å². The normalized spacial score (nSPS) is 27.3. The molecule has 3 rings (SSSR count). The minimum absolute atomic E-state index is 0.419. The number of benzene rings is 1. The second-order valence-electron chi connectivity index (χ2n) is 6.71. The molecule has 3 nitrogen and oxygen atoms in total. The summed E-state index contributed by atoms with van der Waals surface area (Å²) >= 11 is 0. The van der Waals surface area contributed by atoms with Crippen LogP contribution in [0.15, 0.2) is 24.3 Å². The molecule has 1 saturated carbocycles. The minimum atomic E-state index is -0.823. The Morgan fingerprint density at radius 2 is 2.10 bits per heavy atom. The second-order valence-corrected chi connectivity index (χ2v) is 6.71. The number of aromatic carboxylic acids is 1. The zero-order valence-electron chi connectivity index (χ0n) is 12.8. The van der Waals surface area contributed by atoms with Gasteiger partial charge in [-0.05, 0) is 75.2 Å². The van der Waals surface area contributed by atoms with Crippen molar-refractivity contribution in [2.75, 3.05) is 13.1 Å². The van der Waals surface area contributed by atoms with E-state index in [1.807, 2.05) is 12.1 Å². The number of nitrogens with zero attached hydrogens (tertiary/aromatic N) is 1. The highest BCUT2D eigenvalue weighted by Gasteiger charge is 2.39. The van der Waals surface area contributed by atoms with E-state index in [-0.39, 0.29) is 0 Å². The Hall–Kier alpha value is -1.35. The van der Waals surface area contributed by atoms with Crippen molar-refractivity contribution >= 4 is 5.97 Å². The molecule has 1 aliphatic carbocycles. The fourth-order valence-electron chi connectivity index (χ4n) is 3.77. The number of carboxylic acids is 1. The van der Waals surface area contributed by atoms with Crippen LogP contribution in [0, 0.1) is 5.92 Å². The molecule has 1 aromatic carbocycles. The first kappa shape index (κ1) is 14.6. The van der Waals surface area contributed by atoms with E-state index in [2.05, 4.69) is 17.9 Å². The van der Waals surface area contributed by atoms with Gasteiger partial charge in [0.1, 0.15) is 0 Å². The maximum Gasteiger partial charge on any atom is 0.335 e. The molecule has 0 spiro atoms. The molecular formula is C18H25NO2. The monoisotopic (exact) mass is 287 g/mol. The van der Waals surface area contributed by atoms with Crippen LogP contribution >= 0.6 is 0 Å². The first-order valence-corrected chi connectivity index (χ1v) is 8.22. The predicted molar refractivity (Wildman–Crippen MR) is 83.8 cm³/mol. The lowest BCUT2D eigenvalue weighted by Crippen LogP contribution is -2.37. The van der Waals surface area contributed by atoms with Crippen molar-refractivity contribution in [3.63, 3.8) is 0 Å². The maximum atomic E-state index is 11.1. The molecule has 1 aliphatic heterocycles. The molecule has 3 unspecified atom stereocenters. The van der Waals surface area contributed by atoms with E-state index in [0.29, 0.717) is 17.5 Å². The predicted octanol–water partition coefficient (Wildman–Crippen LogP) is 3.75. The van der Waals surface area contributed by atoms with Crippen LogP contribution in [0.5, 0.6) is 0 Å². The van der Waals surface area contributed by atoms with E-state index in [1.54, 1.807) is 6.07 Å². The van der Waals surface area contributed by atoms with Gasteiger partial charge in [-0.3, -0.25) is 0 Å². The van der Waals surface area contributed by atoms with Crippen LogP contribution < -0.4 is 0 Å². The van der Waals surface area contributed by atoms with Crippen LogP contribution in [0.3, 0.4) is 0 Å². The van der Waals surface area contributed by atoms with Gasteiger partial charge in [-0.15, -0.1) is 0 Å². The molecule has 1 N–H and O–H groups in total. The number of piperidine rings is 1. The zero-order chi connectivity index (χ0) is 14.8. The molecular weight excluding hydrogens is 262 g/mol.